The molecule has 1 unspecified atom stereocenters. The molecule has 2 heterocycles. The molecule has 0 saturated heterocycles. The van der Waals surface area contributed by atoms with Crippen LogP contribution in [0, 0.1) is 0 Å². The van der Waals surface area contributed by atoms with Crippen LogP contribution in [0.15, 0.2) is 12.4 Å². The van der Waals surface area contributed by atoms with Crippen molar-refractivity contribution in [1.82, 2.24) is 14.8 Å². The molecule has 1 atom stereocenters. The summed E-state index contributed by atoms with van der Waals surface area (Å²) in [6, 6.07) is 0. The van der Waals surface area contributed by atoms with Gasteiger partial charge in [0.2, 0.25) is 0 Å². The van der Waals surface area contributed by atoms with Gasteiger partial charge in [-0.2, -0.15) is 5.10 Å². The highest BCUT2D eigenvalue weighted by atomic mass is 32.1. The molecule has 1 N–H and O–H groups in total. The van der Waals surface area contributed by atoms with E-state index in [-0.39, 0.29) is 6.10 Å². The Labute approximate surface area is 97.6 Å². The van der Waals surface area contributed by atoms with E-state index in [0.717, 1.165) is 40.4 Å². The highest BCUT2D eigenvalue weighted by Crippen LogP contribution is 2.37. The molecule has 0 saturated carbocycles. The normalized spacial score (nSPS) is 19.8. The topological polar surface area (TPSA) is 50.9 Å². The zero-order chi connectivity index (χ0) is 11.1. The lowest BCUT2D eigenvalue weighted by Gasteiger charge is -2.14. The van der Waals surface area contributed by atoms with Crippen LogP contribution in [0.4, 0.5) is 0 Å². The number of thiazole rings is 1. The van der Waals surface area contributed by atoms with Gasteiger partial charge in [-0.3, -0.25) is 4.68 Å². The van der Waals surface area contributed by atoms with Crippen LogP contribution < -0.4 is 0 Å². The van der Waals surface area contributed by atoms with E-state index in [0.29, 0.717) is 0 Å². The lowest BCUT2D eigenvalue weighted by atomic mass is 10.0. The molecule has 5 heteroatoms. The summed E-state index contributed by atoms with van der Waals surface area (Å²) in [6.07, 6.45) is 6.34. The predicted molar refractivity (Wildman–Crippen MR) is 62.2 cm³/mol. The standard InChI is InChI=1S/C11H13N3OS/c1-14-6-7(5-12-14)11-13-8-3-2-4-9(15)10(8)16-11/h5-6,9,15H,2-4H2,1H3. The number of aliphatic hydroxyl groups excluding tert-OH is 1. The van der Waals surface area contributed by atoms with Crippen LogP contribution >= 0.6 is 11.3 Å². The molecule has 4 nitrogen and oxygen atoms in total. The van der Waals surface area contributed by atoms with Gasteiger partial charge in [-0.15, -0.1) is 11.3 Å². The number of hydrogen-bond acceptors (Lipinski definition) is 4. The number of aryl methyl sites for hydroxylation is 2. The van der Waals surface area contributed by atoms with Crippen molar-refractivity contribution in [1.29, 1.82) is 0 Å². The predicted octanol–water partition coefficient (Wildman–Crippen LogP) is 1.91. The first kappa shape index (κ1) is 9.99. The Morgan fingerprint density at radius 3 is 3.12 bits per heavy atom. The Morgan fingerprint density at radius 2 is 2.44 bits per heavy atom. The van der Waals surface area contributed by atoms with Crippen LogP contribution in [0.25, 0.3) is 10.6 Å². The smallest absolute Gasteiger partial charge is 0.127 e. The van der Waals surface area contributed by atoms with Crippen LogP contribution in [-0.2, 0) is 13.5 Å². The summed E-state index contributed by atoms with van der Waals surface area (Å²) in [5.41, 5.74) is 2.11. The molecule has 0 spiro atoms. The van der Waals surface area contributed by atoms with Crippen LogP contribution in [-0.4, -0.2) is 19.9 Å². The van der Waals surface area contributed by atoms with Crippen molar-refractivity contribution >= 4 is 11.3 Å². The number of nitrogens with zero attached hydrogens (tertiary/aromatic N) is 3. The third-order valence-electron chi connectivity index (χ3n) is 2.87. The number of fused-ring (bicyclic) bond motifs is 1. The third-order valence-corrected chi connectivity index (χ3v) is 4.12. The molecular weight excluding hydrogens is 222 g/mol. The van der Waals surface area contributed by atoms with Gasteiger partial charge in [-0.05, 0) is 19.3 Å². The van der Waals surface area contributed by atoms with E-state index in [4.69, 9.17) is 0 Å². The van der Waals surface area contributed by atoms with Gasteiger partial charge >= 0.3 is 0 Å². The van der Waals surface area contributed by atoms with Crippen molar-refractivity contribution in [3.05, 3.63) is 23.0 Å². The fourth-order valence-corrected chi connectivity index (χ4v) is 3.16. The first-order valence-corrected chi connectivity index (χ1v) is 6.22. The van der Waals surface area contributed by atoms with Crippen LogP contribution in [0.1, 0.15) is 29.5 Å². The van der Waals surface area contributed by atoms with E-state index in [9.17, 15) is 5.11 Å². The van der Waals surface area contributed by atoms with Crippen molar-refractivity contribution < 1.29 is 5.11 Å². The van der Waals surface area contributed by atoms with E-state index in [2.05, 4.69) is 10.1 Å². The van der Waals surface area contributed by atoms with Crippen molar-refractivity contribution in [2.45, 2.75) is 25.4 Å². The molecule has 16 heavy (non-hydrogen) atoms. The molecule has 0 bridgehead atoms. The summed E-state index contributed by atoms with van der Waals surface area (Å²) in [5.74, 6) is 0. The van der Waals surface area contributed by atoms with Crippen molar-refractivity contribution in [2.24, 2.45) is 7.05 Å². The molecule has 1 aliphatic rings. The Hall–Kier alpha value is -1.20. The van der Waals surface area contributed by atoms with Crippen molar-refractivity contribution in [3.8, 4) is 10.6 Å². The molecule has 0 aromatic carbocycles. The second kappa shape index (κ2) is 3.68. The Morgan fingerprint density at radius 1 is 1.56 bits per heavy atom. The molecule has 0 radical (unpaired) electrons. The van der Waals surface area contributed by atoms with Crippen molar-refractivity contribution in [2.75, 3.05) is 0 Å². The van der Waals surface area contributed by atoms with Crippen LogP contribution in [0.2, 0.25) is 0 Å². The quantitative estimate of drug-likeness (QED) is 0.821. The van der Waals surface area contributed by atoms with Gasteiger partial charge in [0.05, 0.1) is 22.9 Å². The highest BCUT2D eigenvalue weighted by Gasteiger charge is 2.23. The molecule has 2 aromatic rings. The average molecular weight is 235 g/mol. The lowest BCUT2D eigenvalue weighted by Crippen LogP contribution is -2.06. The molecule has 0 fully saturated rings. The van der Waals surface area contributed by atoms with Crippen LogP contribution in [0.5, 0.6) is 0 Å². The van der Waals surface area contributed by atoms with E-state index >= 15 is 0 Å². The summed E-state index contributed by atoms with van der Waals surface area (Å²) in [7, 11) is 1.89. The summed E-state index contributed by atoms with van der Waals surface area (Å²) < 4.78 is 1.77. The minimum atomic E-state index is -0.313. The second-order valence-corrected chi connectivity index (χ2v) is 5.17. The van der Waals surface area contributed by atoms with E-state index in [1.807, 2.05) is 19.4 Å². The van der Waals surface area contributed by atoms with Gasteiger partial charge in [-0.1, -0.05) is 0 Å². The molecule has 0 aliphatic heterocycles. The fourth-order valence-electron chi connectivity index (χ4n) is 2.05. The summed E-state index contributed by atoms with van der Waals surface area (Å²) in [5, 5.41) is 15.0. The van der Waals surface area contributed by atoms with Gasteiger partial charge < -0.3 is 5.11 Å². The maximum absolute atomic E-state index is 9.88. The minimum absolute atomic E-state index is 0.313. The first-order chi connectivity index (χ1) is 7.74. The van der Waals surface area contributed by atoms with E-state index in [1.165, 1.54) is 0 Å². The van der Waals surface area contributed by atoms with Gasteiger partial charge in [0.1, 0.15) is 5.01 Å². The number of aliphatic hydroxyl groups is 1. The number of rotatable bonds is 1. The fraction of sp³-hybridized carbons (Fsp3) is 0.455. The van der Waals surface area contributed by atoms with Crippen molar-refractivity contribution in [3.63, 3.8) is 0 Å². The zero-order valence-corrected chi connectivity index (χ0v) is 9.87. The average Bonchev–Trinajstić information content (AvgIpc) is 2.84. The number of aromatic nitrogens is 3. The summed E-state index contributed by atoms with van der Waals surface area (Å²) in [6.45, 7) is 0. The van der Waals surface area contributed by atoms with E-state index in [1.54, 1.807) is 16.0 Å². The first-order valence-electron chi connectivity index (χ1n) is 5.41. The van der Waals surface area contributed by atoms with Gasteiger partial charge in [-0.25, -0.2) is 4.98 Å². The SMILES string of the molecule is Cn1cc(-c2nc3c(s2)C(O)CCC3)cn1. The number of hydrogen-bond donors (Lipinski definition) is 1. The van der Waals surface area contributed by atoms with Gasteiger partial charge in [0, 0.05) is 18.8 Å². The Kier molecular flexibility index (Phi) is 2.29. The maximum Gasteiger partial charge on any atom is 0.127 e. The van der Waals surface area contributed by atoms with Gasteiger partial charge in [0.25, 0.3) is 0 Å². The minimum Gasteiger partial charge on any atom is -0.388 e. The maximum atomic E-state index is 9.88. The monoisotopic (exact) mass is 235 g/mol. The Balaban J connectivity index is 2.04. The van der Waals surface area contributed by atoms with Gasteiger partial charge in [0.15, 0.2) is 0 Å². The molecule has 84 valence electrons. The van der Waals surface area contributed by atoms with E-state index < -0.39 is 0 Å². The van der Waals surface area contributed by atoms with Crippen LogP contribution in [0.3, 0.4) is 0 Å². The highest BCUT2D eigenvalue weighted by molar-refractivity contribution is 7.15. The third kappa shape index (κ3) is 1.56. The molecular formula is C11H13N3OS. The lowest BCUT2D eigenvalue weighted by molar-refractivity contribution is 0.160. The molecule has 2 aromatic heterocycles. The zero-order valence-electron chi connectivity index (χ0n) is 9.05. The molecule has 3 rings (SSSR count). The second-order valence-electron chi connectivity index (χ2n) is 4.14. The largest absolute Gasteiger partial charge is 0.388 e. The molecule has 1 aliphatic carbocycles. The Bertz CT molecular complexity index is 517. The molecule has 0 amide bonds. The summed E-state index contributed by atoms with van der Waals surface area (Å²) in [4.78, 5) is 5.64. The summed E-state index contributed by atoms with van der Waals surface area (Å²) >= 11 is 1.60.